The van der Waals surface area contributed by atoms with Gasteiger partial charge in [-0.1, -0.05) is 18.2 Å². The number of benzene rings is 2. The van der Waals surface area contributed by atoms with Gasteiger partial charge >= 0.3 is 12.2 Å². The van der Waals surface area contributed by atoms with Crippen LogP contribution in [0, 0.1) is 18.3 Å². The van der Waals surface area contributed by atoms with E-state index in [2.05, 4.69) is 5.32 Å². The highest BCUT2D eigenvalue weighted by Crippen LogP contribution is 2.32. The summed E-state index contributed by atoms with van der Waals surface area (Å²) in [6, 6.07) is 11.4. The van der Waals surface area contributed by atoms with Gasteiger partial charge in [-0.3, -0.25) is 0 Å². The van der Waals surface area contributed by atoms with Crippen LogP contribution in [0.4, 0.5) is 23.7 Å². The van der Waals surface area contributed by atoms with Crippen molar-refractivity contribution in [1.82, 2.24) is 4.90 Å². The minimum Gasteiger partial charge on any atom is -0.323 e. The number of amides is 2. The summed E-state index contributed by atoms with van der Waals surface area (Å²) < 4.78 is 38.4. The number of nitriles is 1. The molecule has 0 aromatic heterocycles. The van der Waals surface area contributed by atoms with Gasteiger partial charge in [0.15, 0.2) is 0 Å². The van der Waals surface area contributed by atoms with Gasteiger partial charge in [0.2, 0.25) is 0 Å². The molecule has 0 atom stereocenters. The van der Waals surface area contributed by atoms with E-state index in [1.165, 1.54) is 18.0 Å². The monoisotopic (exact) mass is 347 g/mol. The van der Waals surface area contributed by atoms with Crippen molar-refractivity contribution in [3.05, 3.63) is 64.7 Å². The summed E-state index contributed by atoms with van der Waals surface area (Å²) in [6.07, 6.45) is -4.48. The van der Waals surface area contributed by atoms with E-state index in [0.717, 1.165) is 17.7 Å². The Hall–Kier alpha value is -3.01. The van der Waals surface area contributed by atoms with Crippen molar-refractivity contribution in [3.8, 4) is 6.07 Å². The SMILES string of the molecule is Cc1ccc(C(F)(F)F)cc1NC(=O)N(C)Cc1cccc(C#N)c1. The summed E-state index contributed by atoms with van der Waals surface area (Å²) >= 11 is 0. The molecule has 0 saturated heterocycles. The van der Waals surface area contributed by atoms with E-state index in [4.69, 9.17) is 5.26 Å². The van der Waals surface area contributed by atoms with Gasteiger partial charge < -0.3 is 10.2 Å². The fraction of sp³-hybridized carbons (Fsp3) is 0.222. The predicted molar refractivity (Wildman–Crippen MR) is 87.8 cm³/mol. The molecule has 25 heavy (non-hydrogen) atoms. The molecular formula is C18H16F3N3O. The highest BCUT2D eigenvalue weighted by molar-refractivity contribution is 5.90. The molecule has 0 aliphatic rings. The topological polar surface area (TPSA) is 56.1 Å². The van der Waals surface area contributed by atoms with Crippen molar-refractivity contribution < 1.29 is 18.0 Å². The third-order valence-corrected chi connectivity index (χ3v) is 3.63. The first-order valence-electron chi connectivity index (χ1n) is 7.39. The molecule has 7 heteroatoms. The lowest BCUT2D eigenvalue weighted by Crippen LogP contribution is -2.31. The van der Waals surface area contributed by atoms with Crippen molar-refractivity contribution in [1.29, 1.82) is 5.26 Å². The van der Waals surface area contributed by atoms with Crippen molar-refractivity contribution >= 4 is 11.7 Å². The first-order chi connectivity index (χ1) is 11.7. The number of alkyl halides is 3. The molecule has 2 amide bonds. The number of urea groups is 1. The lowest BCUT2D eigenvalue weighted by atomic mass is 10.1. The van der Waals surface area contributed by atoms with Crippen LogP contribution in [-0.2, 0) is 12.7 Å². The van der Waals surface area contributed by atoms with E-state index < -0.39 is 17.8 Å². The first-order valence-corrected chi connectivity index (χ1v) is 7.39. The molecule has 0 saturated carbocycles. The third-order valence-electron chi connectivity index (χ3n) is 3.63. The Morgan fingerprint density at radius 2 is 1.96 bits per heavy atom. The normalized spacial score (nSPS) is 10.9. The average molecular weight is 347 g/mol. The number of hydrogen-bond acceptors (Lipinski definition) is 2. The lowest BCUT2D eigenvalue weighted by Gasteiger charge is -2.19. The number of aryl methyl sites for hydroxylation is 1. The van der Waals surface area contributed by atoms with Gasteiger partial charge in [0.25, 0.3) is 0 Å². The molecular weight excluding hydrogens is 331 g/mol. The summed E-state index contributed by atoms with van der Waals surface area (Å²) in [5.74, 6) is 0. The number of carbonyl (C=O) groups excluding carboxylic acids is 1. The van der Waals surface area contributed by atoms with Crippen LogP contribution in [0.2, 0.25) is 0 Å². The summed E-state index contributed by atoms with van der Waals surface area (Å²) in [4.78, 5) is 13.6. The van der Waals surface area contributed by atoms with Crippen molar-refractivity contribution in [2.45, 2.75) is 19.6 Å². The largest absolute Gasteiger partial charge is 0.416 e. The van der Waals surface area contributed by atoms with Crippen LogP contribution in [0.3, 0.4) is 0 Å². The van der Waals surface area contributed by atoms with Crippen LogP contribution in [0.1, 0.15) is 22.3 Å². The Kier molecular flexibility index (Phi) is 5.32. The smallest absolute Gasteiger partial charge is 0.323 e. The second-order valence-electron chi connectivity index (χ2n) is 5.63. The van der Waals surface area contributed by atoms with Crippen molar-refractivity contribution in [2.75, 3.05) is 12.4 Å². The Morgan fingerprint density at radius 1 is 1.24 bits per heavy atom. The van der Waals surface area contributed by atoms with Crippen molar-refractivity contribution in [2.24, 2.45) is 0 Å². The maximum atomic E-state index is 12.8. The van der Waals surface area contributed by atoms with Gasteiger partial charge in [-0.2, -0.15) is 18.4 Å². The van der Waals surface area contributed by atoms with Gasteiger partial charge in [0.05, 0.1) is 17.2 Å². The minimum absolute atomic E-state index is 0.109. The molecule has 130 valence electrons. The van der Waals surface area contributed by atoms with Crippen molar-refractivity contribution in [3.63, 3.8) is 0 Å². The number of nitrogens with one attached hydrogen (secondary N) is 1. The second-order valence-corrected chi connectivity index (χ2v) is 5.63. The highest BCUT2D eigenvalue weighted by atomic mass is 19.4. The number of nitrogens with zero attached hydrogens (tertiary/aromatic N) is 2. The molecule has 0 unspecified atom stereocenters. The van der Waals surface area contributed by atoms with Crippen LogP contribution in [-0.4, -0.2) is 18.0 Å². The molecule has 1 N–H and O–H groups in total. The number of carbonyl (C=O) groups is 1. The molecule has 0 bridgehead atoms. The van der Waals surface area contributed by atoms with E-state index in [9.17, 15) is 18.0 Å². The van der Waals surface area contributed by atoms with Gasteiger partial charge in [0.1, 0.15) is 0 Å². The van der Waals surface area contributed by atoms with E-state index in [0.29, 0.717) is 11.1 Å². The number of halogens is 3. The fourth-order valence-corrected chi connectivity index (χ4v) is 2.23. The van der Waals surface area contributed by atoms with Crippen LogP contribution in [0.15, 0.2) is 42.5 Å². The Labute approximate surface area is 143 Å². The molecule has 2 aromatic carbocycles. The van der Waals surface area contributed by atoms with E-state index in [-0.39, 0.29) is 12.2 Å². The zero-order valence-corrected chi connectivity index (χ0v) is 13.7. The first kappa shape index (κ1) is 18.3. The van der Waals surface area contributed by atoms with Gasteiger partial charge in [-0.05, 0) is 42.3 Å². The Bertz CT molecular complexity index is 825. The van der Waals surface area contributed by atoms with E-state index >= 15 is 0 Å². The molecule has 2 rings (SSSR count). The Morgan fingerprint density at radius 3 is 2.60 bits per heavy atom. The van der Waals surface area contributed by atoms with E-state index in [1.807, 2.05) is 6.07 Å². The summed E-state index contributed by atoms with van der Waals surface area (Å²) in [5.41, 5.74) is 1.04. The molecule has 0 aliphatic heterocycles. The Balaban J connectivity index is 2.12. The average Bonchev–Trinajstić information content (AvgIpc) is 2.55. The second kappa shape index (κ2) is 7.26. The van der Waals surface area contributed by atoms with Gasteiger partial charge in [-0.25, -0.2) is 4.79 Å². The summed E-state index contributed by atoms with van der Waals surface area (Å²) in [5, 5.41) is 11.4. The zero-order chi connectivity index (χ0) is 18.6. The van der Waals surface area contributed by atoms with Crippen LogP contribution < -0.4 is 5.32 Å². The summed E-state index contributed by atoms with van der Waals surface area (Å²) in [7, 11) is 1.53. The standard InChI is InChI=1S/C18H16F3N3O/c1-12-6-7-15(18(19,20)21)9-16(12)23-17(25)24(2)11-14-5-3-4-13(8-14)10-22/h3-9H,11H2,1-2H3,(H,23,25). The molecule has 0 heterocycles. The van der Waals surface area contributed by atoms with Crippen LogP contribution >= 0.6 is 0 Å². The lowest BCUT2D eigenvalue weighted by molar-refractivity contribution is -0.137. The highest BCUT2D eigenvalue weighted by Gasteiger charge is 2.31. The third kappa shape index (κ3) is 4.73. The molecule has 2 aromatic rings. The van der Waals surface area contributed by atoms with E-state index in [1.54, 1.807) is 31.2 Å². The maximum Gasteiger partial charge on any atom is 0.416 e. The number of hydrogen-bond donors (Lipinski definition) is 1. The minimum atomic E-state index is -4.48. The summed E-state index contributed by atoms with van der Waals surface area (Å²) in [6.45, 7) is 1.84. The van der Waals surface area contributed by atoms with Crippen LogP contribution in [0.25, 0.3) is 0 Å². The quantitative estimate of drug-likeness (QED) is 0.885. The maximum absolute atomic E-state index is 12.8. The molecule has 4 nitrogen and oxygen atoms in total. The van der Waals surface area contributed by atoms with Gasteiger partial charge in [-0.15, -0.1) is 0 Å². The predicted octanol–water partition coefficient (Wildman–Crippen LogP) is 4.55. The molecule has 0 spiro atoms. The zero-order valence-electron chi connectivity index (χ0n) is 13.7. The molecule has 0 fully saturated rings. The fourth-order valence-electron chi connectivity index (χ4n) is 2.23. The van der Waals surface area contributed by atoms with Crippen LogP contribution in [0.5, 0.6) is 0 Å². The number of rotatable bonds is 3. The molecule has 0 aliphatic carbocycles. The number of anilines is 1. The molecule has 0 radical (unpaired) electrons. The van der Waals surface area contributed by atoms with Gasteiger partial charge in [0, 0.05) is 19.3 Å².